The molecule has 0 saturated carbocycles. The molecule has 0 spiro atoms. The van der Waals surface area contributed by atoms with Gasteiger partial charge in [-0.05, 0) is 13.3 Å². The molecule has 74 valence electrons. The lowest BCUT2D eigenvalue weighted by molar-refractivity contribution is -0.116. The zero-order chi connectivity index (χ0) is 9.84. The van der Waals surface area contributed by atoms with Crippen molar-refractivity contribution >= 4 is 5.78 Å². The summed E-state index contributed by atoms with van der Waals surface area (Å²) in [6.07, 6.45) is 3.52. The number of rotatable bonds is 4. The predicted molar refractivity (Wildman–Crippen MR) is 52.3 cm³/mol. The van der Waals surface area contributed by atoms with Crippen molar-refractivity contribution in [2.75, 3.05) is 6.61 Å². The Morgan fingerprint density at radius 2 is 2.23 bits per heavy atom. The normalized spacial score (nSPS) is 19.2. The second-order valence-corrected chi connectivity index (χ2v) is 3.74. The molecule has 0 radical (unpaired) electrons. The van der Waals surface area contributed by atoms with Gasteiger partial charge >= 0.3 is 0 Å². The van der Waals surface area contributed by atoms with Crippen LogP contribution in [0.1, 0.15) is 40.0 Å². The summed E-state index contributed by atoms with van der Waals surface area (Å²) >= 11 is 0. The van der Waals surface area contributed by atoms with E-state index < -0.39 is 0 Å². The Bertz CT molecular complexity index is 228. The Hall–Kier alpha value is -0.790. The van der Waals surface area contributed by atoms with E-state index in [1.54, 1.807) is 0 Å². The van der Waals surface area contributed by atoms with Crippen LogP contribution in [0.2, 0.25) is 0 Å². The maximum Gasteiger partial charge on any atom is 0.199 e. The maximum absolute atomic E-state index is 11.2. The largest absolute Gasteiger partial charge is 0.489 e. The molecule has 1 atom stereocenters. The molecule has 0 aliphatic carbocycles. The third-order valence-corrected chi connectivity index (χ3v) is 2.58. The van der Waals surface area contributed by atoms with Gasteiger partial charge in [0.05, 0.1) is 0 Å². The fourth-order valence-electron chi connectivity index (χ4n) is 1.65. The van der Waals surface area contributed by atoms with Crippen LogP contribution in [0.5, 0.6) is 0 Å². The molecule has 0 aromatic rings. The maximum atomic E-state index is 11.2. The van der Waals surface area contributed by atoms with Gasteiger partial charge in [-0.25, -0.2) is 0 Å². The van der Waals surface area contributed by atoms with Gasteiger partial charge in [0.15, 0.2) is 12.4 Å². The Morgan fingerprint density at radius 1 is 1.54 bits per heavy atom. The molecule has 2 heteroatoms. The highest BCUT2D eigenvalue weighted by molar-refractivity contribution is 5.98. The average Bonchev–Trinajstić information content (AvgIpc) is 2.44. The molecule has 1 unspecified atom stereocenters. The zero-order valence-corrected chi connectivity index (χ0v) is 8.72. The van der Waals surface area contributed by atoms with Gasteiger partial charge in [0.25, 0.3) is 0 Å². The van der Waals surface area contributed by atoms with E-state index in [0.717, 1.165) is 17.8 Å². The van der Waals surface area contributed by atoms with E-state index in [4.69, 9.17) is 4.74 Å². The van der Waals surface area contributed by atoms with E-state index in [2.05, 4.69) is 13.8 Å². The molecule has 0 saturated heterocycles. The number of hydrogen-bond donors (Lipinski definition) is 0. The van der Waals surface area contributed by atoms with Crippen molar-refractivity contribution in [3.63, 3.8) is 0 Å². The number of carbonyl (C=O) groups excluding carboxylic acids is 1. The van der Waals surface area contributed by atoms with Crippen molar-refractivity contribution in [3.05, 3.63) is 11.3 Å². The van der Waals surface area contributed by atoms with Crippen LogP contribution in [0.4, 0.5) is 0 Å². The predicted octanol–water partition coefficient (Wildman–Crippen LogP) is 2.69. The minimum atomic E-state index is 0.151. The highest BCUT2D eigenvalue weighted by atomic mass is 16.5. The van der Waals surface area contributed by atoms with E-state index in [0.29, 0.717) is 5.92 Å². The van der Waals surface area contributed by atoms with E-state index >= 15 is 0 Å². The van der Waals surface area contributed by atoms with Crippen LogP contribution in [-0.4, -0.2) is 12.4 Å². The Balaban J connectivity index is 2.56. The van der Waals surface area contributed by atoms with Crippen LogP contribution >= 0.6 is 0 Å². The van der Waals surface area contributed by atoms with Crippen LogP contribution in [0.15, 0.2) is 11.3 Å². The summed E-state index contributed by atoms with van der Waals surface area (Å²) in [6.45, 7) is 6.44. The SMILES string of the molecule is CCCCC(C)C1=C(C)C(=O)CO1. The minimum absolute atomic E-state index is 0.151. The van der Waals surface area contributed by atoms with Gasteiger partial charge in [-0.1, -0.05) is 26.7 Å². The van der Waals surface area contributed by atoms with Crippen LogP contribution < -0.4 is 0 Å². The second-order valence-electron chi connectivity index (χ2n) is 3.74. The summed E-state index contributed by atoms with van der Waals surface area (Å²) in [4.78, 5) is 11.2. The van der Waals surface area contributed by atoms with Crippen molar-refractivity contribution in [3.8, 4) is 0 Å². The van der Waals surface area contributed by atoms with Crippen LogP contribution in [0.3, 0.4) is 0 Å². The first kappa shape index (κ1) is 10.3. The van der Waals surface area contributed by atoms with E-state index in [-0.39, 0.29) is 12.4 Å². The molecular weight excluding hydrogens is 164 g/mol. The molecule has 0 aromatic carbocycles. The standard InChI is InChI=1S/C11H18O2/c1-4-5-6-8(2)11-9(3)10(12)7-13-11/h8H,4-7H2,1-3H3. The van der Waals surface area contributed by atoms with Crippen molar-refractivity contribution in [1.29, 1.82) is 0 Å². The fourth-order valence-corrected chi connectivity index (χ4v) is 1.65. The molecule has 1 aliphatic heterocycles. The van der Waals surface area contributed by atoms with E-state index in [1.165, 1.54) is 12.8 Å². The van der Waals surface area contributed by atoms with Gasteiger partial charge in [-0.2, -0.15) is 0 Å². The van der Waals surface area contributed by atoms with Gasteiger partial charge in [0.1, 0.15) is 5.76 Å². The smallest absolute Gasteiger partial charge is 0.199 e. The van der Waals surface area contributed by atoms with Gasteiger partial charge < -0.3 is 4.74 Å². The Labute approximate surface area is 80.0 Å². The van der Waals surface area contributed by atoms with E-state index in [1.807, 2.05) is 6.92 Å². The molecule has 0 fully saturated rings. The molecular formula is C11H18O2. The highest BCUT2D eigenvalue weighted by Crippen LogP contribution is 2.26. The number of Topliss-reactive ketones (excluding diaryl/α,β-unsaturated/α-hetero) is 1. The number of ether oxygens (including phenoxy) is 1. The lowest BCUT2D eigenvalue weighted by atomic mass is 9.99. The van der Waals surface area contributed by atoms with Gasteiger partial charge in [-0.15, -0.1) is 0 Å². The van der Waals surface area contributed by atoms with Gasteiger partial charge in [0.2, 0.25) is 0 Å². The summed E-state index contributed by atoms with van der Waals surface area (Å²) in [5, 5.41) is 0. The highest BCUT2D eigenvalue weighted by Gasteiger charge is 2.24. The molecule has 2 nitrogen and oxygen atoms in total. The molecule has 1 rings (SSSR count). The Morgan fingerprint density at radius 3 is 2.69 bits per heavy atom. The fraction of sp³-hybridized carbons (Fsp3) is 0.727. The number of unbranched alkanes of at least 4 members (excludes halogenated alkanes) is 1. The van der Waals surface area contributed by atoms with Crippen molar-refractivity contribution < 1.29 is 9.53 Å². The first-order valence-electron chi connectivity index (χ1n) is 5.03. The molecule has 0 bridgehead atoms. The third kappa shape index (κ3) is 2.33. The third-order valence-electron chi connectivity index (χ3n) is 2.58. The second kappa shape index (κ2) is 4.45. The summed E-state index contributed by atoms with van der Waals surface area (Å²) in [5.41, 5.74) is 0.837. The molecule has 0 N–H and O–H groups in total. The summed E-state index contributed by atoms with van der Waals surface area (Å²) in [7, 11) is 0. The summed E-state index contributed by atoms with van der Waals surface area (Å²) in [6, 6.07) is 0. The lowest BCUT2D eigenvalue weighted by Gasteiger charge is -2.12. The average molecular weight is 182 g/mol. The molecule has 1 aliphatic rings. The quantitative estimate of drug-likeness (QED) is 0.668. The number of allylic oxidation sites excluding steroid dienone is 1. The van der Waals surface area contributed by atoms with Crippen molar-refractivity contribution in [2.45, 2.75) is 40.0 Å². The minimum Gasteiger partial charge on any atom is -0.489 e. The number of hydrogen-bond acceptors (Lipinski definition) is 2. The molecule has 0 aromatic heterocycles. The first-order valence-corrected chi connectivity index (χ1v) is 5.03. The molecule has 1 heterocycles. The topological polar surface area (TPSA) is 26.3 Å². The zero-order valence-electron chi connectivity index (χ0n) is 8.72. The molecule has 13 heavy (non-hydrogen) atoms. The van der Waals surface area contributed by atoms with Crippen LogP contribution in [0.25, 0.3) is 0 Å². The van der Waals surface area contributed by atoms with Crippen LogP contribution in [-0.2, 0) is 9.53 Å². The van der Waals surface area contributed by atoms with Gasteiger partial charge in [-0.3, -0.25) is 4.79 Å². The van der Waals surface area contributed by atoms with Crippen LogP contribution in [0, 0.1) is 5.92 Å². The van der Waals surface area contributed by atoms with E-state index in [9.17, 15) is 4.79 Å². The van der Waals surface area contributed by atoms with Crippen molar-refractivity contribution in [2.24, 2.45) is 5.92 Å². The first-order chi connectivity index (χ1) is 6.16. The lowest BCUT2D eigenvalue weighted by Crippen LogP contribution is -2.00. The molecule has 0 amide bonds. The Kier molecular flexibility index (Phi) is 3.52. The summed E-state index contributed by atoms with van der Waals surface area (Å²) in [5.74, 6) is 1.49. The van der Waals surface area contributed by atoms with Crippen molar-refractivity contribution in [1.82, 2.24) is 0 Å². The summed E-state index contributed by atoms with van der Waals surface area (Å²) < 4.78 is 5.37. The van der Waals surface area contributed by atoms with Gasteiger partial charge in [0, 0.05) is 11.5 Å². The number of ketones is 1. The number of carbonyl (C=O) groups is 1. The monoisotopic (exact) mass is 182 g/mol.